The van der Waals surface area contributed by atoms with E-state index in [1.807, 2.05) is 18.4 Å². The minimum absolute atomic E-state index is 0.865. The van der Waals surface area contributed by atoms with Gasteiger partial charge < -0.3 is 9.64 Å². The molecular formula is C14H20N5OS+. The van der Waals surface area contributed by atoms with Crippen LogP contribution in [0.5, 0.6) is 0 Å². The van der Waals surface area contributed by atoms with Gasteiger partial charge in [0.1, 0.15) is 13.1 Å². The van der Waals surface area contributed by atoms with Gasteiger partial charge in [0, 0.05) is 18.0 Å². The maximum absolute atomic E-state index is 5.41. The lowest BCUT2D eigenvalue weighted by Crippen LogP contribution is -3.14. The lowest BCUT2D eigenvalue weighted by atomic mass is 10.2. The average Bonchev–Trinajstić information content (AvgIpc) is 2.97. The van der Waals surface area contributed by atoms with Crippen molar-refractivity contribution in [1.82, 2.24) is 19.7 Å². The molecule has 1 N–H and O–H groups in total. The Kier molecular flexibility index (Phi) is 4.84. The number of ether oxygens (including phenoxy) is 1. The monoisotopic (exact) mass is 306 g/mol. The molecule has 0 amide bonds. The second-order valence-corrected chi connectivity index (χ2v) is 5.78. The smallest absolute Gasteiger partial charge is 0.191 e. The number of nitrogens with one attached hydrogen (secondary N) is 1. The Morgan fingerprint density at radius 3 is 2.71 bits per heavy atom. The molecule has 1 aliphatic rings. The second kappa shape index (κ2) is 7.02. The van der Waals surface area contributed by atoms with E-state index in [4.69, 9.17) is 4.74 Å². The van der Waals surface area contributed by atoms with Crippen LogP contribution in [0.3, 0.4) is 0 Å². The molecule has 1 fully saturated rings. The van der Waals surface area contributed by atoms with E-state index in [-0.39, 0.29) is 0 Å². The molecule has 0 aromatic carbocycles. The molecule has 0 radical (unpaired) electrons. The molecule has 0 aliphatic carbocycles. The highest BCUT2D eigenvalue weighted by Crippen LogP contribution is 2.21. The van der Waals surface area contributed by atoms with E-state index in [0.717, 1.165) is 55.9 Å². The highest BCUT2D eigenvalue weighted by molar-refractivity contribution is 7.98. The Bertz CT molecular complexity index is 568. The van der Waals surface area contributed by atoms with Gasteiger partial charge in [-0.25, -0.2) is 0 Å². The summed E-state index contributed by atoms with van der Waals surface area (Å²) in [7, 11) is 0. The summed E-state index contributed by atoms with van der Waals surface area (Å²) in [5.41, 5.74) is 1.06. The van der Waals surface area contributed by atoms with Crippen LogP contribution in [0.25, 0.3) is 11.4 Å². The third kappa shape index (κ3) is 3.42. The first-order valence-corrected chi connectivity index (χ1v) is 8.40. The quantitative estimate of drug-likeness (QED) is 0.787. The van der Waals surface area contributed by atoms with Crippen molar-refractivity contribution in [3.63, 3.8) is 0 Å². The summed E-state index contributed by atoms with van der Waals surface area (Å²) in [6, 6.07) is 3.96. The number of nitrogens with zero attached hydrogens (tertiary/aromatic N) is 4. The molecule has 2 aromatic heterocycles. The number of rotatable bonds is 5. The highest BCUT2D eigenvalue weighted by atomic mass is 32.2. The Labute approximate surface area is 128 Å². The van der Waals surface area contributed by atoms with Crippen LogP contribution in [0.1, 0.15) is 0 Å². The van der Waals surface area contributed by atoms with Crippen molar-refractivity contribution >= 4 is 11.8 Å². The molecule has 0 spiro atoms. The molecule has 2 aromatic rings. The molecule has 0 unspecified atom stereocenters. The minimum atomic E-state index is 0.865. The van der Waals surface area contributed by atoms with Crippen LogP contribution in [0.2, 0.25) is 0 Å². The summed E-state index contributed by atoms with van der Waals surface area (Å²) in [4.78, 5) is 5.65. The first kappa shape index (κ1) is 14.5. The van der Waals surface area contributed by atoms with E-state index in [2.05, 4.69) is 19.7 Å². The lowest BCUT2D eigenvalue weighted by Gasteiger charge is -2.24. The minimum Gasteiger partial charge on any atom is -0.370 e. The lowest BCUT2D eigenvalue weighted by molar-refractivity contribution is -0.908. The molecular weight excluding hydrogens is 286 g/mol. The van der Waals surface area contributed by atoms with Gasteiger partial charge in [-0.1, -0.05) is 11.8 Å². The average molecular weight is 306 g/mol. The van der Waals surface area contributed by atoms with Crippen LogP contribution in [0.15, 0.2) is 29.7 Å². The van der Waals surface area contributed by atoms with Gasteiger partial charge in [0.15, 0.2) is 11.0 Å². The zero-order valence-corrected chi connectivity index (χ0v) is 13.0. The van der Waals surface area contributed by atoms with E-state index in [0.29, 0.717) is 0 Å². The van der Waals surface area contributed by atoms with Crippen molar-refractivity contribution in [2.75, 3.05) is 39.1 Å². The molecule has 7 heteroatoms. The normalized spacial score (nSPS) is 16.2. The number of hydrogen-bond donors (Lipinski definition) is 1. The first-order valence-electron chi connectivity index (χ1n) is 7.17. The van der Waals surface area contributed by atoms with Crippen molar-refractivity contribution in [2.45, 2.75) is 11.7 Å². The summed E-state index contributed by atoms with van der Waals surface area (Å²) in [5, 5.41) is 9.61. The zero-order valence-electron chi connectivity index (χ0n) is 12.2. The Morgan fingerprint density at radius 1 is 1.24 bits per heavy atom. The molecule has 1 aliphatic heterocycles. The van der Waals surface area contributed by atoms with Gasteiger partial charge in [-0.05, 0) is 18.4 Å². The van der Waals surface area contributed by atoms with Crippen LogP contribution in [-0.4, -0.2) is 58.9 Å². The molecule has 0 saturated carbocycles. The van der Waals surface area contributed by atoms with E-state index >= 15 is 0 Å². The summed E-state index contributed by atoms with van der Waals surface area (Å²) in [6.07, 6.45) is 5.62. The highest BCUT2D eigenvalue weighted by Gasteiger charge is 2.17. The summed E-state index contributed by atoms with van der Waals surface area (Å²) >= 11 is 1.64. The molecule has 3 heterocycles. The van der Waals surface area contributed by atoms with Gasteiger partial charge >= 0.3 is 0 Å². The van der Waals surface area contributed by atoms with E-state index < -0.39 is 0 Å². The van der Waals surface area contributed by atoms with Crippen LogP contribution < -0.4 is 4.90 Å². The maximum atomic E-state index is 5.41. The zero-order chi connectivity index (χ0) is 14.5. The van der Waals surface area contributed by atoms with Crippen molar-refractivity contribution in [1.29, 1.82) is 0 Å². The third-order valence-electron chi connectivity index (χ3n) is 3.73. The van der Waals surface area contributed by atoms with E-state index in [1.54, 1.807) is 29.1 Å². The van der Waals surface area contributed by atoms with Gasteiger partial charge in [0.2, 0.25) is 0 Å². The summed E-state index contributed by atoms with van der Waals surface area (Å²) in [5.74, 6) is 0.925. The molecule has 112 valence electrons. The molecule has 21 heavy (non-hydrogen) atoms. The fourth-order valence-electron chi connectivity index (χ4n) is 2.54. The number of aromatic nitrogens is 4. The second-order valence-electron chi connectivity index (χ2n) is 5.01. The van der Waals surface area contributed by atoms with Crippen LogP contribution in [0.4, 0.5) is 0 Å². The first-order chi connectivity index (χ1) is 10.4. The van der Waals surface area contributed by atoms with E-state index in [1.165, 1.54) is 0 Å². The molecule has 0 atom stereocenters. The fraction of sp³-hybridized carbons (Fsp3) is 0.500. The number of morpholine rings is 1. The number of thioether (sulfide) groups is 1. The fourth-order valence-corrected chi connectivity index (χ4v) is 3.06. The van der Waals surface area contributed by atoms with Crippen LogP contribution >= 0.6 is 11.8 Å². The van der Waals surface area contributed by atoms with Crippen LogP contribution in [0, 0.1) is 0 Å². The largest absolute Gasteiger partial charge is 0.370 e. The van der Waals surface area contributed by atoms with Crippen LogP contribution in [-0.2, 0) is 11.3 Å². The molecule has 3 rings (SSSR count). The van der Waals surface area contributed by atoms with Crippen molar-refractivity contribution in [2.24, 2.45) is 0 Å². The SMILES string of the molecule is CSc1nnc(-c2ccncc2)n1CC[NH+]1CCOCC1. The third-order valence-corrected chi connectivity index (χ3v) is 4.39. The van der Waals surface area contributed by atoms with Gasteiger partial charge in [0.25, 0.3) is 0 Å². The predicted molar refractivity (Wildman–Crippen MR) is 81.4 cm³/mol. The molecule has 0 bridgehead atoms. The van der Waals surface area contributed by atoms with Gasteiger partial charge in [0.05, 0.1) is 26.3 Å². The van der Waals surface area contributed by atoms with Crippen molar-refractivity contribution < 1.29 is 9.64 Å². The predicted octanol–water partition coefficient (Wildman–Crippen LogP) is -0.0229. The Morgan fingerprint density at radius 2 is 2.00 bits per heavy atom. The number of hydrogen-bond acceptors (Lipinski definition) is 5. The Balaban J connectivity index is 1.77. The molecule has 1 saturated heterocycles. The van der Waals surface area contributed by atoms with Gasteiger partial charge in [-0.2, -0.15) is 0 Å². The standard InChI is InChI=1S/C14H19N5OS/c1-21-14-17-16-13(12-2-4-15-5-3-12)19(14)7-6-18-8-10-20-11-9-18/h2-5H,6-11H2,1H3/p+1. The van der Waals surface area contributed by atoms with Crippen molar-refractivity contribution in [3.8, 4) is 11.4 Å². The van der Waals surface area contributed by atoms with Gasteiger partial charge in [-0.3, -0.25) is 9.55 Å². The summed E-state index contributed by atoms with van der Waals surface area (Å²) in [6.45, 7) is 5.90. The Hall–Kier alpha value is -1.44. The number of quaternary nitrogens is 1. The number of pyridine rings is 1. The summed E-state index contributed by atoms with van der Waals surface area (Å²) < 4.78 is 7.62. The van der Waals surface area contributed by atoms with Crippen molar-refractivity contribution in [3.05, 3.63) is 24.5 Å². The topological polar surface area (TPSA) is 57.3 Å². The van der Waals surface area contributed by atoms with Gasteiger partial charge in [-0.15, -0.1) is 10.2 Å². The maximum Gasteiger partial charge on any atom is 0.191 e. The molecule has 6 nitrogen and oxygen atoms in total. The van der Waals surface area contributed by atoms with E-state index in [9.17, 15) is 0 Å².